The van der Waals surface area contributed by atoms with Gasteiger partial charge in [-0.25, -0.2) is 4.79 Å². The molecule has 3 aromatic rings. The zero-order valence-corrected chi connectivity index (χ0v) is 14.8. The van der Waals surface area contributed by atoms with Crippen molar-refractivity contribution < 1.29 is 23.7 Å². The Hall–Kier alpha value is -3.94. The van der Waals surface area contributed by atoms with Crippen LogP contribution in [0.4, 0.5) is 11.4 Å². The predicted octanol–water partition coefficient (Wildman–Crippen LogP) is 4.36. The van der Waals surface area contributed by atoms with E-state index in [1.165, 1.54) is 36.6 Å². The number of nitrogens with one attached hydrogen (secondary N) is 1. The van der Waals surface area contributed by atoms with E-state index in [-0.39, 0.29) is 22.7 Å². The number of nitro groups is 1. The number of furan rings is 1. The molecule has 8 heteroatoms. The van der Waals surface area contributed by atoms with Gasteiger partial charge >= 0.3 is 5.97 Å². The van der Waals surface area contributed by atoms with Crippen molar-refractivity contribution >= 4 is 23.3 Å². The third kappa shape index (κ3) is 4.24. The van der Waals surface area contributed by atoms with Crippen LogP contribution in [0.3, 0.4) is 0 Å². The number of rotatable bonds is 6. The topological polar surface area (TPSA) is 112 Å². The number of non-ortho nitro benzene ring substituents is 1. The Kier molecular flexibility index (Phi) is 5.50. The number of ether oxygens (including phenoxy) is 1. The van der Waals surface area contributed by atoms with Crippen LogP contribution >= 0.6 is 0 Å². The van der Waals surface area contributed by atoms with Gasteiger partial charge in [0.1, 0.15) is 6.10 Å². The number of hydrogen-bond acceptors (Lipinski definition) is 6. The molecule has 28 heavy (non-hydrogen) atoms. The van der Waals surface area contributed by atoms with Crippen LogP contribution in [0, 0.1) is 10.1 Å². The van der Waals surface area contributed by atoms with Crippen LogP contribution in [0.1, 0.15) is 39.5 Å². The number of carbonyl (C=O) groups is 2. The number of para-hydroxylation sites is 1. The molecular weight excluding hydrogens is 364 g/mol. The zero-order valence-electron chi connectivity index (χ0n) is 14.8. The van der Waals surface area contributed by atoms with Gasteiger partial charge in [-0.2, -0.15) is 0 Å². The highest BCUT2D eigenvalue weighted by Crippen LogP contribution is 2.25. The fourth-order valence-electron chi connectivity index (χ4n) is 2.55. The van der Waals surface area contributed by atoms with Crippen LogP contribution < -0.4 is 5.32 Å². The summed E-state index contributed by atoms with van der Waals surface area (Å²) in [6.45, 7) is 1.61. The molecule has 8 nitrogen and oxygen atoms in total. The van der Waals surface area contributed by atoms with Gasteiger partial charge in [-0.3, -0.25) is 14.9 Å². The number of carbonyl (C=O) groups excluding carboxylic acids is 2. The van der Waals surface area contributed by atoms with Crippen molar-refractivity contribution in [3.8, 4) is 0 Å². The van der Waals surface area contributed by atoms with E-state index < -0.39 is 22.9 Å². The zero-order chi connectivity index (χ0) is 20.1. The molecule has 0 bridgehead atoms. The monoisotopic (exact) mass is 380 g/mol. The summed E-state index contributed by atoms with van der Waals surface area (Å²) in [5.41, 5.74) is 0.811. The molecule has 0 fully saturated rings. The molecule has 142 valence electrons. The highest BCUT2D eigenvalue weighted by atomic mass is 16.6. The molecule has 2 aromatic carbocycles. The molecule has 0 aliphatic heterocycles. The van der Waals surface area contributed by atoms with Crippen molar-refractivity contribution in [3.63, 3.8) is 0 Å². The van der Waals surface area contributed by atoms with Crippen LogP contribution in [0.5, 0.6) is 0 Å². The lowest BCUT2D eigenvalue weighted by molar-refractivity contribution is -0.385. The quantitative estimate of drug-likeness (QED) is 0.386. The first-order valence-corrected chi connectivity index (χ1v) is 8.35. The van der Waals surface area contributed by atoms with E-state index in [0.717, 1.165) is 0 Å². The SMILES string of the molecule is C[C@@H](OC(=O)c1ccccc1NC(=O)c1ccco1)c1cccc([N+](=O)[O-])c1. The van der Waals surface area contributed by atoms with Crippen molar-refractivity contribution in [1.82, 2.24) is 0 Å². The lowest BCUT2D eigenvalue weighted by atomic mass is 10.1. The van der Waals surface area contributed by atoms with Crippen LogP contribution in [0.15, 0.2) is 71.3 Å². The van der Waals surface area contributed by atoms with Crippen molar-refractivity contribution in [2.75, 3.05) is 5.32 Å². The number of esters is 1. The van der Waals surface area contributed by atoms with Gasteiger partial charge in [-0.05, 0) is 36.8 Å². The third-order valence-electron chi connectivity index (χ3n) is 3.97. The minimum Gasteiger partial charge on any atom is -0.459 e. The molecule has 0 saturated heterocycles. The fraction of sp³-hybridized carbons (Fsp3) is 0.100. The number of benzene rings is 2. The minimum atomic E-state index is -0.721. The average molecular weight is 380 g/mol. The highest BCUT2D eigenvalue weighted by Gasteiger charge is 2.20. The Balaban J connectivity index is 1.76. The molecule has 3 rings (SSSR count). The maximum atomic E-state index is 12.6. The lowest BCUT2D eigenvalue weighted by Crippen LogP contribution is -2.16. The second-order valence-electron chi connectivity index (χ2n) is 5.88. The second kappa shape index (κ2) is 8.17. The standard InChI is InChI=1S/C20H16N2O6/c1-13(14-6-4-7-15(12-14)22(25)26)28-20(24)16-8-2-3-9-17(16)21-19(23)18-10-5-11-27-18/h2-13H,1H3,(H,21,23)/t13-/m1/s1. The molecule has 1 amide bonds. The molecule has 0 radical (unpaired) electrons. The first-order chi connectivity index (χ1) is 13.5. The van der Waals surface area contributed by atoms with Gasteiger partial charge in [-0.1, -0.05) is 24.3 Å². The molecule has 0 unspecified atom stereocenters. The molecule has 0 aliphatic carbocycles. The van der Waals surface area contributed by atoms with E-state index in [9.17, 15) is 19.7 Å². The van der Waals surface area contributed by atoms with Gasteiger partial charge in [0.05, 0.1) is 22.4 Å². The van der Waals surface area contributed by atoms with Gasteiger partial charge in [0.2, 0.25) is 0 Å². The Morgan fingerprint density at radius 2 is 1.89 bits per heavy atom. The maximum absolute atomic E-state index is 12.6. The van der Waals surface area contributed by atoms with Crippen LogP contribution in [0.2, 0.25) is 0 Å². The van der Waals surface area contributed by atoms with E-state index >= 15 is 0 Å². The summed E-state index contributed by atoms with van der Waals surface area (Å²) in [5.74, 6) is -1.07. The summed E-state index contributed by atoms with van der Waals surface area (Å²) < 4.78 is 10.5. The van der Waals surface area contributed by atoms with E-state index in [1.807, 2.05) is 0 Å². The molecule has 1 heterocycles. The van der Waals surface area contributed by atoms with Crippen LogP contribution in [0.25, 0.3) is 0 Å². The van der Waals surface area contributed by atoms with Gasteiger partial charge in [-0.15, -0.1) is 0 Å². The fourth-order valence-corrected chi connectivity index (χ4v) is 2.55. The smallest absolute Gasteiger partial charge is 0.340 e. The van der Waals surface area contributed by atoms with Gasteiger partial charge in [0.25, 0.3) is 11.6 Å². The predicted molar refractivity (Wildman–Crippen MR) is 100 cm³/mol. The highest BCUT2D eigenvalue weighted by molar-refractivity contribution is 6.06. The summed E-state index contributed by atoms with van der Waals surface area (Å²) in [7, 11) is 0. The minimum absolute atomic E-state index is 0.0912. The number of nitrogens with zero attached hydrogens (tertiary/aromatic N) is 1. The molecule has 0 spiro atoms. The summed E-state index contributed by atoms with van der Waals surface area (Å²) in [6.07, 6.45) is 0.650. The lowest BCUT2D eigenvalue weighted by Gasteiger charge is -2.15. The molecular formula is C20H16N2O6. The maximum Gasteiger partial charge on any atom is 0.340 e. The van der Waals surface area contributed by atoms with Gasteiger partial charge < -0.3 is 14.5 Å². The van der Waals surface area contributed by atoms with Crippen molar-refractivity contribution in [1.29, 1.82) is 0 Å². The van der Waals surface area contributed by atoms with Gasteiger partial charge in [0, 0.05) is 12.1 Å². The summed E-state index contributed by atoms with van der Waals surface area (Å²) in [6, 6.07) is 15.3. The van der Waals surface area contributed by atoms with E-state index in [1.54, 1.807) is 37.3 Å². The van der Waals surface area contributed by atoms with Crippen molar-refractivity contribution in [3.05, 3.63) is 93.9 Å². The van der Waals surface area contributed by atoms with Crippen molar-refractivity contribution in [2.24, 2.45) is 0 Å². The normalized spacial score (nSPS) is 11.5. The molecule has 1 atom stereocenters. The second-order valence-corrected chi connectivity index (χ2v) is 5.88. The van der Waals surface area contributed by atoms with E-state index in [4.69, 9.17) is 9.15 Å². The first kappa shape index (κ1) is 18.8. The molecule has 0 saturated carbocycles. The number of hydrogen-bond donors (Lipinski definition) is 1. The largest absolute Gasteiger partial charge is 0.459 e. The Labute approximate surface area is 159 Å². The van der Waals surface area contributed by atoms with Crippen LogP contribution in [-0.2, 0) is 4.74 Å². The molecule has 1 N–H and O–H groups in total. The van der Waals surface area contributed by atoms with Crippen LogP contribution in [-0.4, -0.2) is 16.8 Å². The van der Waals surface area contributed by atoms with Crippen molar-refractivity contribution in [2.45, 2.75) is 13.0 Å². The molecule has 0 aliphatic rings. The summed E-state index contributed by atoms with van der Waals surface area (Å²) in [5, 5.41) is 13.5. The number of anilines is 1. The molecule has 1 aromatic heterocycles. The number of nitro benzene ring substituents is 1. The first-order valence-electron chi connectivity index (χ1n) is 8.35. The Morgan fingerprint density at radius 3 is 2.61 bits per heavy atom. The summed E-state index contributed by atoms with van der Waals surface area (Å²) in [4.78, 5) is 35.2. The van der Waals surface area contributed by atoms with Gasteiger partial charge in [0.15, 0.2) is 5.76 Å². The van der Waals surface area contributed by atoms with E-state index in [0.29, 0.717) is 5.56 Å². The van der Waals surface area contributed by atoms with E-state index in [2.05, 4.69) is 5.32 Å². The Morgan fingerprint density at radius 1 is 1.11 bits per heavy atom. The third-order valence-corrected chi connectivity index (χ3v) is 3.97. The average Bonchev–Trinajstić information content (AvgIpc) is 3.23. The number of amides is 1. The summed E-state index contributed by atoms with van der Waals surface area (Å²) >= 11 is 0. The Bertz CT molecular complexity index is 1010.